The van der Waals surface area contributed by atoms with E-state index in [4.69, 9.17) is 12.2 Å². The first-order valence-electron chi connectivity index (χ1n) is 6.57. The van der Waals surface area contributed by atoms with Gasteiger partial charge in [-0.3, -0.25) is 4.57 Å². The van der Waals surface area contributed by atoms with Crippen LogP contribution in [-0.4, -0.2) is 15.3 Å². The van der Waals surface area contributed by atoms with Gasteiger partial charge in [-0.05, 0) is 30.7 Å². The molecule has 2 aromatic heterocycles. The van der Waals surface area contributed by atoms with E-state index in [1.54, 1.807) is 0 Å². The quantitative estimate of drug-likeness (QED) is 0.620. The number of rotatable bonds is 1. The van der Waals surface area contributed by atoms with Crippen LogP contribution in [0.2, 0.25) is 0 Å². The highest BCUT2D eigenvalue weighted by atomic mass is 32.2. The number of hydrogen-bond donors (Lipinski definition) is 0. The molecule has 1 aromatic carbocycles. The summed E-state index contributed by atoms with van der Waals surface area (Å²) < 4.78 is 3.22. The molecular weight excluding hydrogens is 284 g/mol. The predicted molar refractivity (Wildman–Crippen MR) is 86.3 cm³/mol. The molecule has 1 aliphatic rings. The van der Waals surface area contributed by atoms with Crippen LogP contribution < -0.4 is 0 Å². The highest BCUT2D eigenvalue weighted by molar-refractivity contribution is 7.99. The van der Waals surface area contributed by atoms with Gasteiger partial charge >= 0.3 is 0 Å². The molecule has 3 heterocycles. The maximum atomic E-state index is 5.66. The molecular formula is C16H12N2S2. The van der Waals surface area contributed by atoms with Crippen molar-refractivity contribution < 1.29 is 0 Å². The fourth-order valence-corrected chi connectivity index (χ4v) is 4.30. The second kappa shape index (κ2) is 4.72. The number of fused-ring (bicyclic) bond motifs is 2. The number of aromatic nitrogens is 2. The first-order valence-corrected chi connectivity index (χ1v) is 7.96. The van der Waals surface area contributed by atoms with E-state index in [0.29, 0.717) is 0 Å². The van der Waals surface area contributed by atoms with Gasteiger partial charge in [-0.1, -0.05) is 30.4 Å². The van der Waals surface area contributed by atoms with Gasteiger partial charge in [0.05, 0.1) is 9.54 Å². The predicted octanol–water partition coefficient (Wildman–Crippen LogP) is 4.40. The summed E-state index contributed by atoms with van der Waals surface area (Å²) in [5.41, 5.74) is 3.41. The van der Waals surface area contributed by atoms with Gasteiger partial charge in [0.25, 0.3) is 0 Å². The van der Waals surface area contributed by atoms with Crippen molar-refractivity contribution in [3.8, 4) is 5.69 Å². The Morgan fingerprint density at radius 2 is 1.95 bits per heavy atom. The van der Waals surface area contributed by atoms with E-state index >= 15 is 0 Å². The highest BCUT2D eigenvalue weighted by Crippen LogP contribution is 2.37. The molecule has 2 nitrogen and oxygen atoms in total. The van der Waals surface area contributed by atoms with E-state index in [2.05, 4.69) is 39.9 Å². The molecule has 4 heteroatoms. The smallest absolute Gasteiger partial charge is 0.146 e. The van der Waals surface area contributed by atoms with Gasteiger partial charge < -0.3 is 0 Å². The van der Waals surface area contributed by atoms with Crippen LogP contribution in [-0.2, 0) is 6.42 Å². The van der Waals surface area contributed by atoms with E-state index in [1.165, 1.54) is 10.6 Å². The van der Waals surface area contributed by atoms with E-state index < -0.39 is 0 Å². The lowest BCUT2D eigenvalue weighted by atomic mass is 10.1. The summed E-state index contributed by atoms with van der Waals surface area (Å²) in [6.07, 6.45) is 2.89. The topological polar surface area (TPSA) is 17.8 Å². The molecule has 98 valence electrons. The molecule has 4 rings (SSSR count). The number of hydrogen-bond acceptors (Lipinski definition) is 3. The SMILES string of the molecule is S=c1c2c(n(-c3ccccc3)c3ncccc13)SCC2. The number of benzene rings is 1. The van der Waals surface area contributed by atoms with E-state index in [0.717, 1.165) is 33.4 Å². The monoisotopic (exact) mass is 296 g/mol. The van der Waals surface area contributed by atoms with Gasteiger partial charge in [0.2, 0.25) is 0 Å². The van der Waals surface area contributed by atoms with Crippen molar-refractivity contribution in [2.24, 2.45) is 0 Å². The van der Waals surface area contributed by atoms with Gasteiger partial charge in [-0.15, -0.1) is 11.8 Å². The second-order valence-corrected chi connectivity index (χ2v) is 6.25. The van der Waals surface area contributed by atoms with Crippen LogP contribution in [0.1, 0.15) is 5.56 Å². The minimum Gasteiger partial charge on any atom is -0.288 e. The number of para-hydroxylation sites is 1. The van der Waals surface area contributed by atoms with Crippen LogP contribution in [0, 0.1) is 4.51 Å². The summed E-state index contributed by atoms with van der Waals surface area (Å²) in [7, 11) is 0. The van der Waals surface area contributed by atoms with Gasteiger partial charge in [-0.25, -0.2) is 4.98 Å². The molecule has 0 unspecified atom stereocenters. The van der Waals surface area contributed by atoms with Crippen molar-refractivity contribution in [1.82, 2.24) is 9.55 Å². The van der Waals surface area contributed by atoms with E-state index in [1.807, 2.05) is 30.1 Å². The minimum atomic E-state index is 0.955. The van der Waals surface area contributed by atoms with Crippen molar-refractivity contribution >= 4 is 35.0 Å². The lowest BCUT2D eigenvalue weighted by molar-refractivity contribution is 0.914. The lowest BCUT2D eigenvalue weighted by Crippen LogP contribution is -2.04. The maximum absolute atomic E-state index is 5.66. The number of pyridine rings is 2. The highest BCUT2D eigenvalue weighted by Gasteiger charge is 2.21. The molecule has 0 fully saturated rings. The Kier molecular flexibility index (Phi) is 2.86. The molecule has 0 atom stereocenters. The average molecular weight is 296 g/mol. The fraction of sp³-hybridized carbons (Fsp3) is 0.125. The Hall–Kier alpha value is -1.65. The Morgan fingerprint density at radius 1 is 1.10 bits per heavy atom. The van der Waals surface area contributed by atoms with E-state index in [-0.39, 0.29) is 0 Å². The third-order valence-electron chi connectivity index (χ3n) is 3.58. The third-order valence-corrected chi connectivity index (χ3v) is 5.16. The summed E-state index contributed by atoms with van der Waals surface area (Å²) in [6, 6.07) is 14.4. The zero-order valence-electron chi connectivity index (χ0n) is 10.7. The van der Waals surface area contributed by atoms with Crippen molar-refractivity contribution in [3.63, 3.8) is 0 Å². The molecule has 0 radical (unpaired) electrons. The van der Waals surface area contributed by atoms with E-state index in [9.17, 15) is 0 Å². The number of nitrogens with zero attached hydrogens (tertiary/aromatic N) is 2. The summed E-state index contributed by atoms with van der Waals surface area (Å²) in [5.74, 6) is 1.10. The summed E-state index contributed by atoms with van der Waals surface area (Å²) in [5, 5.41) is 2.33. The van der Waals surface area contributed by atoms with Crippen LogP contribution in [0.15, 0.2) is 53.7 Å². The Bertz CT molecular complexity index is 853. The first kappa shape index (κ1) is 12.1. The molecule has 0 saturated carbocycles. The Morgan fingerprint density at radius 3 is 2.80 bits per heavy atom. The third kappa shape index (κ3) is 1.72. The Balaban J connectivity index is 2.20. The van der Waals surface area contributed by atoms with Crippen molar-refractivity contribution in [1.29, 1.82) is 0 Å². The average Bonchev–Trinajstić information content (AvgIpc) is 2.98. The lowest BCUT2D eigenvalue weighted by Gasteiger charge is -2.15. The molecule has 0 saturated heterocycles. The summed E-state index contributed by atoms with van der Waals surface area (Å²) >= 11 is 7.54. The van der Waals surface area contributed by atoms with Crippen molar-refractivity contribution in [2.45, 2.75) is 11.4 Å². The minimum absolute atomic E-state index is 0.955. The molecule has 3 aromatic rings. The molecule has 0 bridgehead atoms. The molecule has 0 spiro atoms. The van der Waals surface area contributed by atoms with Crippen LogP contribution in [0.3, 0.4) is 0 Å². The summed E-state index contributed by atoms with van der Waals surface area (Å²) in [6.45, 7) is 0. The molecule has 0 aliphatic carbocycles. The summed E-state index contributed by atoms with van der Waals surface area (Å²) in [4.78, 5) is 4.58. The molecule has 20 heavy (non-hydrogen) atoms. The van der Waals surface area contributed by atoms with Gasteiger partial charge in [0, 0.05) is 28.6 Å². The van der Waals surface area contributed by atoms with Gasteiger partial charge in [0.15, 0.2) is 0 Å². The first-order chi connectivity index (χ1) is 9.86. The number of thioether (sulfide) groups is 1. The van der Waals surface area contributed by atoms with Gasteiger partial charge in [-0.2, -0.15) is 0 Å². The second-order valence-electron chi connectivity index (χ2n) is 4.76. The maximum Gasteiger partial charge on any atom is 0.146 e. The van der Waals surface area contributed by atoms with Crippen molar-refractivity contribution in [3.05, 3.63) is 58.7 Å². The van der Waals surface area contributed by atoms with Crippen LogP contribution >= 0.6 is 24.0 Å². The normalized spacial score (nSPS) is 13.6. The zero-order valence-corrected chi connectivity index (χ0v) is 12.4. The van der Waals surface area contributed by atoms with Crippen LogP contribution in [0.4, 0.5) is 0 Å². The standard InChI is InChI=1S/C16H12N2S2/c19-14-12-7-4-9-17-15(12)18(11-5-2-1-3-6-11)16-13(14)8-10-20-16/h1-7,9H,8,10H2. The zero-order chi connectivity index (χ0) is 13.5. The van der Waals surface area contributed by atoms with Gasteiger partial charge in [0.1, 0.15) is 5.65 Å². The van der Waals surface area contributed by atoms with Crippen LogP contribution in [0.5, 0.6) is 0 Å². The fourth-order valence-electron chi connectivity index (χ4n) is 2.68. The Labute approximate surface area is 126 Å². The molecule has 1 aliphatic heterocycles. The van der Waals surface area contributed by atoms with Crippen LogP contribution in [0.25, 0.3) is 16.7 Å². The largest absolute Gasteiger partial charge is 0.288 e. The molecule has 0 N–H and O–H groups in total. The van der Waals surface area contributed by atoms with Crippen molar-refractivity contribution in [2.75, 3.05) is 5.75 Å². The molecule has 0 amide bonds.